The van der Waals surface area contributed by atoms with Gasteiger partial charge in [-0.2, -0.15) is 0 Å². The Morgan fingerprint density at radius 1 is 0.893 bits per heavy atom. The molecule has 0 amide bonds. The van der Waals surface area contributed by atoms with Crippen LogP contribution in [0.25, 0.3) is 11.1 Å². The summed E-state index contributed by atoms with van der Waals surface area (Å²) in [5.74, 6) is 2.36. The molecule has 28 heavy (non-hydrogen) atoms. The summed E-state index contributed by atoms with van der Waals surface area (Å²) in [4.78, 5) is 0. The molecule has 1 aliphatic carbocycles. The number of rotatable bonds is 9. The van der Waals surface area contributed by atoms with Gasteiger partial charge in [-0.15, -0.1) is 0 Å². The second-order valence-electron chi connectivity index (χ2n) is 8.05. The predicted molar refractivity (Wildman–Crippen MR) is 116 cm³/mol. The van der Waals surface area contributed by atoms with Gasteiger partial charge in [-0.25, -0.2) is 4.39 Å². The Morgan fingerprint density at radius 3 is 2.18 bits per heavy atom. The Labute approximate surface area is 169 Å². The summed E-state index contributed by atoms with van der Waals surface area (Å²) in [6.45, 7) is 2.90. The fourth-order valence-electron chi connectivity index (χ4n) is 4.13. The first-order chi connectivity index (χ1) is 13.7. The average molecular weight is 381 g/mol. The van der Waals surface area contributed by atoms with Crippen LogP contribution in [-0.4, -0.2) is 6.61 Å². The molecule has 3 rings (SSSR count). The second kappa shape index (κ2) is 11.0. The smallest absolute Gasteiger partial charge is 0.123 e. The van der Waals surface area contributed by atoms with Gasteiger partial charge < -0.3 is 4.74 Å². The molecule has 0 spiro atoms. The van der Waals surface area contributed by atoms with Gasteiger partial charge in [0, 0.05) is 0 Å². The van der Waals surface area contributed by atoms with E-state index >= 15 is 0 Å². The minimum absolute atomic E-state index is 0.208. The number of hydrogen-bond acceptors (Lipinski definition) is 1. The first kappa shape index (κ1) is 20.6. The summed E-state index contributed by atoms with van der Waals surface area (Å²) in [5.41, 5.74) is 2.08. The fourth-order valence-corrected chi connectivity index (χ4v) is 4.13. The molecule has 0 aliphatic heterocycles. The van der Waals surface area contributed by atoms with Gasteiger partial charge in [-0.1, -0.05) is 69.0 Å². The molecule has 2 aromatic rings. The third-order valence-corrected chi connectivity index (χ3v) is 5.89. The van der Waals surface area contributed by atoms with E-state index in [-0.39, 0.29) is 5.82 Å². The van der Waals surface area contributed by atoms with Crippen molar-refractivity contribution in [1.29, 1.82) is 0 Å². The van der Waals surface area contributed by atoms with E-state index in [2.05, 4.69) is 19.1 Å². The van der Waals surface area contributed by atoms with Crippen LogP contribution < -0.4 is 4.74 Å². The number of allylic oxidation sites excluding steroid dienone is 1. The maximum Gasteiger partial charge on any atom is 0.123 e. The summed E-state index contributed by atoms with van der Waals surface area (Å²) in [5, 5.41) is 0. The van der Waals surface area contributed by atoms with Gasteiger partial charge in [0.2, 0.25) is 0 Å². The minimum atomic E-state index is -0.208. The van der Waals surface area contributed by atoms with Crippen LogP contribution in [0.5, 0.6) is 5.75 Å². The molecular weight excluding hydrogens is 347 g/mol. The zero-order valence-corrected chi connectivity index (χ0v) is 17.1. The monoisotopic (exact) mass is 380 g/mol. The van der Waals surface area contributed by atoms with Gasteiger partial charge >= 0.3 is 0 Å². The van der Waals surface area contributed by atoms with Crippen LogP contribution in [0.2, 0.25) is 0 Å². The molecule has 1 fully saturated rings. The van der Waals surface area contributed by atoms with Crippen molar-refractivity contribution in [2.75, 3.05) is 6.61 Å². The van der Waals surface area contributed by atoms with Crippen molar-refractivity contribution in [2.24, 2.45) is 11.8 Å². The van der Waals surface area contributed by atoms with Crippen LogP contribution in [0.3, 0.4) is 0 Å². The highest BCUT2D eigenvalue weighted by Gasteiger charge is 2.18. The molecule has 1 nitrogen and oxygen atoms in total. The number of hydrogen-bond donors (Lipinski definition) is 0. The molecule has 0 unspecified atom stereocenters. The Bertz CT molecular complexity index is 709. The van der Waals surface area contributed by atoms with E-state index in [4.69, 9.17) is 4.74 Å². The zero-order valence-electron chi connectivity index (χ0n) is 17.1. The van der Waals surface area contributed by atoms with Crippen molar-refractivity contribution in [3.8, 4) is 16.9 Å². The average Bonchev–Trinajstić information content (AvgIpc) is 2.73. The highest BCUT2D eigenvalue weighted by atomic mass is 19.1. The fraction of sp³-hybridized carbons (Fsp3) is 0.462. The Morgan fingerprint density at radius 2 is 1.54 bits per heavy atom. The SMILES string of the molecule is CCCCC[C@H]1CC[C@H](/C=C/COc2ccc(-c3ccc(F)cc3)cc2)CC1. The van der Waals surface area contributed by atoms with E-state index in [0.717, 1.165) is 28.7 Å². The summed E-state index contributed by atoms with van der Waals surface area (Å²) < 4.78 is 18.9. The normalized spacial score (nSPS) is 19.8. The van der Waals surface area contributed by atoms with Gasteiger partial charge in [-0.3, -0.25) is 0 Å². The lowest BCUT2D eigenvalue weighted by Crippen LogP contribution is -2.13. The maximum absolute atomic E-state index is 13.0. The third kappa shape index (κ3) is 6.51. The van der Waals surface area contributed by atoms with Crippen molar-refractivity contribution in [3.63, 3.8) is 0 Å². The number of benzene rings is 2. The van der Waals surface area contributed by atoms with Crippen molar-refractivity contribution in [1.82, 2.24) is 0 Å². The van der Waals surface area contributed by atoms with Gasteiger partial charge in [0.1, 0.15) is 18.2 Å². The molecule has 1 saturated carbocycles. The first-order valence-corrected chi connectivity index (χ1v) is 10.9. The van der Waals surface area contributed by atoms with Crippen molar-refractivity contribution in [3.05, 3.63) is 66.5 Å². The summed E-state index contributed by atoms with van der Waals surface area (Å²) in [6.07, 6.45) is 15.5. The quantitative estimate of drug-likeness (QED) is 0.318. The number of unbranched alkanes of at least 4 members (excludes halogenated alkanes) is 2. The molecule has 0 saturated heterocycles. The van der Waals surface area contributed by atoms with Gasteiger partial charge in [0.05, 0.1) is 0 Å². The lowest BCUT2D eigenvalue weighted by molar-refractivity contribution is 0.288. The van der Waals surface area contributed by atoms with Crippen LogP contribution in [-0.2, 0) is 0 Å². The Hall–Kier alpha value is -2.09. The summed E-state index contributed by atoms with van der Waals surface area (Å²) in [7, 11) is 0. The van der Waals surface area contributed by atoms with E-state index in [0.29, 0.717) is 6.61 Å². The van der Waals surface area contributed by atoms with Gasteiger partial charge in [0.15, 0.2) is 0 Å². The van der Waals surface area contributed by atoms with E-state index in [1.165, 1.54) is 63.5 Å². The van der Waals surface area contributed by atoms with Gasteiger partial charge in [-0.05, 0) is 72.9 Å². The van der Waals surface area contributed by atoms with Crippen LogP contribution in [0.1, 0.15) is 58.3 Å². The number of ether oxygens (including phenoxy) is 1. The van der Waals surface area contributed by atoms with Crippen molar-refractivity contribution in [2.45, 2.75) is 58.3 Å². The van der Waals surface area contributed by atoms with Crippen LogP contribution >= 0.6 is 0 Å². The Balaban J connectivity index is 1.37. The van der Waals surface area contributed by atoms with Gasteiger partial charge in [0.25, 0.3) is 0 Å². The zero-order chi connectivity index (χ0) is 19.6. The van der Waals surface area contributed by atoms with E-state index in [1.54, 1.807) is 12.1 Å². The van der Waals surface area contributed by atoms with E-state index in [9.17, 15) is 4.39 Å². The molecule has 1 aliphatic rings. The third-order valence-electron chi connectivity index (χ3n) is 5.89. The molecule has 0 radical (unpaired) electrons. The molecule has 2 heteroatoms. The second-order valence-corrected chi connectivity index (χ2v) is 8.05. The van der Waals surface area contributed by atoms with Crippen LogP contribution in [0, 0.1) is 17.7 Å². The van der Waals surface area contributed by atoms with E-state index in [1.807, 2.05) is 24.3 Å². The summed E-state index contributed by atoms with van der Waals surface area (Å²) in [6, 6.07) is 14.6. The molecule has 0 heterocycles. The predicted octanol–water partition coefficient (Wildman–Crippen LogP) is 7.81. The molecule has 2 aromatic carbocycles. The minimum Gasteiger partial charge on any atom is -0.490 e. The maximum atomic E-state index is 13.0. The first-order valence-electron chi connectivity index (χ1n) is 10.9. The lowest BCUT2D eigenvalue weighted by atomic mass is 9.79. The standard InChI is InChI=1S/C26H33FO/c1-2-3-4-6-21-8-10-22(11-9-21)7-5-20-28-26-18-14-24(15-19-26)23-12-16-25(27)17-13-23/h5,7,12-19,21-22H,2-4,6,8-11,20H2,1H3/b7-5+/t21-,22-. The highest BCUT2D eigenvalue weighted by molar-refractivity contribution is 5.63. The summed E-state index contributed by atoms with van der Waals surface area (Å²) >= 11 is 0. The Kier molecular flexibility index (Phi) is 8.14. The van der Waals surface area contributed by atoms with Crippen molar-refractivity contribution < 1.29 is 9.13 Å². The van der Waals surface area contributed by atoms with Crippen LogP contribution in [0.4, 0.5) is 4.39 Å². The highest BCUT2D eigenvalue weighted by Crippen LogP contribution is 2.32. The lowest BCUT2D eigenvalue weighted by Gasteiger charge is -2.26. The molecule has 0 atom stereocenters. The number of halogens is 1. The molecule has 0 bridgehead atoms. The van der Waals surface area contributed by atoms with Crippen molar-refractivity contribution >= 4 is 0 Å². The van der Waals surface area contributed by atoms with E-state index < -0.39 is 0 Å². The molecule has 150 valence electrons. The molecular formula is C26H33FO. The molecule has 0 aromatic heterocycles. The molecule has 0 N–H and O–H groups in total. The largest absolute Gasteiger partial charge is 0.490 e. The van der Waals surface area contributed by atoms with Crippen LogP contribution in [0.15, 0.2) is 60.7 Å². The topological polar surface area (TPSA) is 9.23 Å².